The topological polar surface area (TPSA) is 110 Å². The molecule has 3 amide bonds. The third-order valence-electron chi connectivity index (χ3n) is 7.29. The quantitative estimate of drug-likeness (QED) is 0.738. The lowest BCUT2D eigenvalue weighted by atomic mass is 9.83. The molecule has 8 nitrogen and oxygen atoms in total. The van der Waals surface area contributed by atoms with Crippen molar-refractivity contribution in [2.75, 3.05) is 6.54 Å². The molecule has 0 unspecified atom stereocenters. The molecule has 5 rings (SSSR count). The lowest BCUT2D eigenvalue weighted by Gasteiger charge is -2.32. The molecular formula is C23H28FN5O3. The van der Waals surface area contributed by atoms with Crippen molar-refractivity contribution in [3.8, 4) is 0 Å². The van der Waals surface area contributed by atoms with Gasteiger partial charge in [-0.2, -0.15) is 5.10 Å². The number of carbonyl (C=O) groups excluding carboxylic acids is 3. The zero-order chi connectivity index (χ0) is 22.5. The van der Waals surface area contributed by atoms with E-state index in [2.05, 4.69) is 10.4 Å². The summed E-state index contributed by atoms with van der Waals surface area (Å²) in [6.07, 6.45) is 5.45. The highest BCUT2D eigenvalue weighted by Crippen LogP contribution is 2.56. The third kappa shape index (κ3) is 3.84. The minimum atomic E-state index is -1.24. The fourth-order valence-electron chi connectivity index (χ4n) is 5.46. The Kier molecular flexibility index (Phi) is 5.14. The van der Waals surface area contributed by atoms with Crippen molar-refractivity contribution in [1.29, 1.82) is 0 Å². The standard InChI is InChI=1S/C23H28FN5O3/c24-14-10-18(22(32)26-15-4-3-7-23(11-15)8-9-23)28(12-14)19(30)13-29-17-6-2-1-5-16(17)20(27-29)21(25)31/h1-2,5-6,14-15,18H,3-4,7-13H2,(H2,25,31)(H,26,32)/t14-,15+,18+/m1/s1. The highest BCUT2D eigenvalue weighted by molar-refractivity contribution is 6.04. The van der Waals surface area contributed by atoms with Crippen LogP contribution in [0, 0.1) is 5.41 Å². The van der Waals surface area contributed by atoms with E-state index in [0.29, 0.717) is 16.3 Å². The van der Waals surface area contributed by atoms with Crippen LogP contribution < -0.4 is 11.1 Å². The SMILES string of the molecule is NC(=O)c1nn(CC(=O)N2C[C@H](F)C[C@H]2C(=O)N[C@H]2CCCC3(CC3)C2)c2ccccc12. The summed E-state index contributed by atoms with van der Waals surface area (Å²) in [5, 5.41) is 7.85. The van der Waals surface area contributed by atoms with E-state index in [1.165, 1.54) is 28.8 Å². The summed E-state index contributed by atoms with van der Waals surface area (Å²) >= 11 is 0. The Morgan fingerprint density at radius 3 is 2.75 bits per heavy atom. The second-order valence-corrected chi connectivity index (χ2v) is 9.58. The van der Waals surface area contributed by atoms with Gasteiger partial charge in [-0.25, -0.2) is 4.39 Å². The van der Waals surface area contributed by atoms with Gasteiger partial charge >= 0.3 is 0 Å². The van der Waals surface area contributed by atoms with Crippen LogP contribution in [0.1, 0.15) is 55.4 Å². The molecule has 0 bridgehead atoms. The maximum Gasteiger partial charge on any atom is 0.269 e. The first-order chi connectivity index (χ1) is 15.3. The molecule has 1 aromatic heterocycles. The fourth-order valence-corrected chi connectivity index (χ4v) is 5.46. The molecule has 0 radical (unpaired) electrons. The Bertz CT molecular complexity index is 1080. The van der Waals surface area contributed by atoms with Gasteiger partial charge in [0.05, 0.1) is 12.1 Å². The maximum absolute atomic E-state index is 14.3. The summed E-state index contributed by atoms with van der Waals surface area (Å²) in [6, 6.07) is 6.26. The highest BCUT2D eigenvalue weighted by Gasteiger charge is 2.47. The minimum absolute atomic E-state index is 0.00181. The van der Waals surface area contributed by atoms with Gasteiger partial charge < -0.3 is 16.0 Å². The number of nitrogens with zero attached hydrogens (tertiary/aromatic N) is 3. The summed E-state index contributed by atoms with van der Waals surface area (Å²) < 4.78 is 15.7. The second-order valence-electron chi connectivity index (χ2n) is 9.58. The maximum atomic E-state index is 14.3. The Labute approximate surface area is 185 Å². The average Bonchev–Trinajstić information content (AvgIpc) is 3.21. The smallest absolute Gasteiger partial charge is 0.269 e. The number of nitrogens with one attached hydrogen (secondary N) is 1. The van der Waals surface area contributed by atoms with E-state index in [9.17, 15) is 18.8 Å². The molecule has 3 aliphatic rings. The van der Waals surface area contributed by atoms with E-state index in [4.69, 9.17) is 5.73 Å². The van der Waals surface area contributed by atoms with Gasteiger partial charge in [0, 0.05) is 17.8 Å². The van der Waals surface area contributed by atoms with Crippen molar-refractivity contribution in [3.63, 3.8) is 0 Å². The van der Waals surface area contributed by atoms with Crippen LogP contribution in [-0.4, -0.2) is 57.2 Å². The largest absolute Gasteiger partial charge is 0.364 e. The Balaban J connectivity index is 1.31. The van der Waals surface area contributed by atoms with E-state index in [1.807, 2.05) is 0 Å². The van der Waals surface area contributed by atoms with Crippen LogP contribution in [0.25, 0.3) is 10.9 Å². The number of nitrogens with two attached hydrogens (primary N) is 1. The van der Waals surface area contributed by atoms with Crippen LogP contribution >= 0.6 is 0 Å². The molecule has 3 atom stereocenters. The number of fused-ring (bicyclic) bond motifs is 1. The number of aromatic nitrogens is 2. The predicted molar refractivity (Wildman–Crippen MR) is 115 cm³/mol. The highest BCUT2D eigenvalue weighted by atomic mass is 19.1. The van der Waals surface area contributed by atoms with Crippen molar-refractivity contribution in [3.05, 3.63) is 30.0 Å². The van der Waals surface area contributed by atoms with Gasteiger partial charge in [0.15, 0.2) is 5.69 Å². The molecule has 3 fully saturated rings. The Morgan fingerprint density at radius 1 is 1.22 bits per heavy atom. The average molecular weight is 442 g/mol. The first-order valence-electron chi connectivity index (χ1n) is 11.3. The van der Waals surface area contributed by atoms with Crippen molar-refractivity contribution < 1.29 is 18.8 Å². The number of primary amides is 1. The molecule has 2 saturated carbocycles. The molecule has 2 aromatic rings. The zero-order valence-corrected chi connectivity index (χ0v) is 17.9. The number of carbonyl (C=O) groups is 3. The molecule has 170 valence electrons. The van der Waals surface area contributed by atoms with Crippen LogP contribution in [0.2, 0.25) is 0 Å². The summed E-state index contributed by atoms with van der Waals surface area (Å²) in [6.45, 7) is -0.315. The molecule has 1 aromatic carbocycles. The lowest BCUT2D eigenvalue weighted by Crippen LogP contribution is -2.50. The monoisotopic (exact) mass is 441 g/mol. The number of halogens is 1. The van der Waals surface area contributed by atoms with Gasteiger partial charge in [-0.15, -0.1) is 0 Å². The summed E-state index contributed by atoms with van der Waals surface area (Å²) in [5.74, 6) is -1.36. The lowest BCUT2D eigenvalue weighted by molar-refractivity contribution is -0.139. The van der Waals surface area contributed by atoms with Crippen molar-refractivity contribution >= 4 is 28.6 Å². The number of hydrogen-bond acceptors (Lipinski definition) is 4. The number of para-hydroxylation sites is 1. The summed E-state index contributed by atoms with van der Waals surface area (Å²) in [4.78, 5) is 39.2. The van der Waals surface area contributed by atoms with Gasteiger partial charge in [-0.05, 0) is 43.6 Å². The van der Waals surface area contributed by atoms with Crippen LogP contribution in [0.15, 0.2) is 24.3 Å². The van der Waals surface area contributed by atoms with E-state index in [1.54, 1.807) is 24.3 Å². The van der Waals surface area contributed by atoms with Gasteiger partial charge in [0.1, 0.15) is 18.8 Å². The number of hydrogen-bond donors (Lipinski definition) is 2. The van der Waals surface area contributed by atoms with Crippen LogP contribution in [0.3, 0.4) is 0 Å². The van der Waals surface area contributed by atoms with Crippen LogP contribution in [-0.2, 0) is 16.1 Å². The summed E-state index contributed by atoms with van der Waals surface area (Å²) in [7, 11) is 0. The number of rotatable bonds is 5. The first-order valence-corrected chi connectivity index (χ1v) is 11.3. The predicted octanol–water partition coefficient (Wildman–Crippen LogP) is 1.91. The second kappa shape index (κ2) is 7.86. The molecule has 1 spiro atoms. The van der Waals surface area contributed by atoms with E-state index < -0.39 is 24.0 Å². The third-order valence-corrected chi connectivity index (χ3v) is 7.29. The van der Waals surface area contributed by atoms with Gasteiger partial charge in [0.2, 0.25) is 11.8 Å². The van der Waals surface area contributed by atoms with Crippen LogP contribution in [0.5, 0.6) is 0 Å². The van der Waals surface area contributed by atoms with E-state index >= 15 is 0 Å². The molecule has 2 aliphatic carbocycles. The van der Waals surface area contributed by atoms with Gasteiger partial charge in [0.25, 0.3) is 5.91 Å². The van der Waals surface area contributed by atoms with Crippen molar-refractivity contribution in [2.45, 2.75) is 69.7 Å². The molecule has 1 aliphatic heterocycles. The van der Waals surface area contributed by atoms with Gasteiger partial charge in [-0.3, -0.25) is 19.1 Å². The summed E-state index contributed by atoms with van der Waals surface area (Å²) in [5.41, 5.74) is 6.50. The molecular weight excluding hydrogens is 413 g/mol. The number of likely N-dealkylation sites (tertiary alicyclic amines) is 1. The zero-order valence-electron chi connectivity index (χ0n) is 17.9. The molecule has 1 saturated heterocycles. The Hall–Kier alpha value is -2.97. The molecule has 9 heteroatoms. The minimum Gasteiger partial charge on any atom is -0.364 e. The van der Waals surface area contributed by atoms with E-state index in [0.717, 1.165) is 19.3 Å². The number of amides is 3. The fraction of sp³-hybridized carbons (Fsp3) is 0.565. The first kappa shape index (κ1) is 20.9. The molecule has 32 heavy (non-hydrogen) atoms. The van der Waals surface area contributed by atoms with Crippen molar-refractivity contribution in [1.82, 2.24) is 20.0 Å². The molecule has 2 heterocycles. The number of alkyl halides is 1. The van der Waals surface area contributed by atoms with Crippen LogP contribution in [0.4, 0.5) is 4.39 Å². The normalized spacial score (nSPS) is 26.4. The number of benzene rings is 1. The Morgan fingerprint density at radius 2 is 2.00 bits per heavy atom. The van der Waals surface area contributed by atoms with Crippen molar-refractivity contribution in [2.24, 2.45) is 11.1 Å². The van der Waals surface area contributed by atoms with Gasteiger partial charge in [-0.1, -0.05) is 24.6 Å². The molecule has 3 N–H and O–H groups in total. The van der Waals surface area contributed by atoms with E-state index in [-0.39, 0.29) is 37.2 Å².